The Morgan fingerprint density at radius 1 is 1.06 bits per heavy atom. The molecule has 2 saturated carbocycles. The minimum absolute atomic E-state index is 0.0898. The normalized spacial score (nSPS) is 33.2. The highest BCUT2D eigenvalue weighted by Gasteiger charge is 2.89. The van der Waals surface area contributed by atoms with Gasteiger partial charge in [-0.3, -0.25) is 14.4 Å². The molecule has 0 radical (unpaired) electrons. The van der Waals surface area contributed by atoms with Crippen LogP contribution in [0.25, 0.3) is 10.9 Å². The first kappa shape index (κ1) is 33.6. The molecule has 6 atom stereocenters. The van der Waals surface area contributed by atoms with Crippen LogP contribution in [-0.2, 0) is 24.4 Å². The number of sulfonamides is 1. The molecule has 3 amide bonds. The Balaban J connectivity index is 1.20. The maximum atomic E-state index is 14.2. The number of hydrogen-bond acceptors (Lipinski definition) is 10. The number of amides is 3. The number of nitrogens with zero attached hydrogens (tertiary/aromatic N) is 5. The van der Waals surface area contributed by atoms with Crippen molar-refractivity contribution in [3.63, 3.8) is 0 Å². The van der Waals surface area contributed by atoms with E-state index < -0.39 is 49.8 Å². The SMILES string of the molecule is COc1ccc2c(O[C@@H]3CC4C(=O)N[C@]56C[C@]5(/C=C\CC[C@@H](C)C[C@@H](C)CC(=O)N4C3)N(S(=O)(=O)C3(C)CC3)C6=O)nc(N(C)C)nc2c1. The van der Waals surface area contributed by atoms with Crippen molar-refractivity contribution >= 4 is 44.6 Å². The van der Waals surface area contributed by atoms with Crippen molar-refractivity contribution in [1.29, 1.82) is 0 Å². The molecule has 13 nitrogen and oxygen atoms in total. The second-order valence-corrected chi connectivity index (χ2v) is 17.6. The highest BCUT2D eigenvalue weighted by molar-refractivity contribution is 7.91. The Hall–Kier alpha value is -3.94. The monoisotopic (exact) mass is 694 g/mol. The fraction of sp³-hybridized carbons (Fsp3) is 0.629. The van der Waals surface area contributed by atoms with E-state index in [-0.39, 0.29) is 37.6 Å². The number of rotatable bonds is 6. The number of aromatic nitrogens is 2. The Morgan fingerprint density at radius 3 is 2.51 bits per heavy atom. The largest absolute Gasteiger partial charge is 0.497 e. The first-order valence-electron chi connectivity index (χ1n) is 17.2. The molecule has 264 valence electrons. The Kier molecular flexibility index (Phi) is 7.92. The van der Waals surface area contributed by atoms with Crippen LogP contribution in [0, 0.1) is 11.8 Å². The number of methoxy groups -OCH3 is 1. The Bertz CT molecular complexity index is 1860. The molecular weight excluding hydrogens is 648 g/mol. The molecule has 49 heavy (non-hydrogen) atoms. The van der Waals surface area contributed by atoms with Crippen molar-refractivity contribution in [2.24, 2.45) is 11.8 Å². The minimum atomic E-state index is -3.92. The van der Waals surface area contributed by atoms with Crippen LogP contribution in [0.15, 0.2) is 30.4 Å². The van der Waals surface area contributed by atoms with Crippen LogP contribution in [0.2, 0.25) is 0 Å². The summed E-state index contributed by atoms with van der Waals surface area (Å²) in [7, 11) is 1.32. The van der Waals surface area contributed by atoms with E-state index in [0.29, 0.717) is 53.7 Å². The van der Waals surface area contributed by atoms with Gasteiger partial charge in [-0.1, -0.05) is 26.0 Å². The van der Waals surface area contributed by atoms with Crippen LogP contribution >= 0.6 is 0 Å². The van der Waals surface area contributed by atoms with E-state index in [4.69, 9.17) is 9.47 Å². The number of β-lactam (4-membered cyclic amide) rings is 1. The van der Waals surface area contributed by atoms with Crippen LogP contribution in [-0.4, -0.2) is 101 Å². The van der Waals surface area contributed by atoms with Gasteiger partial charge in [-0.15, -0.1) is 0 Å². The third-order valence-electron chi connectivity index (χ3n) is 11.2. The number of carbonyl (C=O) groups excluding carboxylic acids is 3. The predicted octanol–water partition coefficient (Wildman–Crippen LogP) is 3.18. The van der Waals surface area contributed by atoms with E-state index in [1.807, 2.05) is 32.3 Å². The van der Waals surface area contributed by atoms with Gasteiger partial charge < -0.3 is 24.6 Å². The van der Waals surface area contributed by atoms with Gasteiger partial charge in [0.05, 0.1) is 29.3 Å². The van der Waals surface area contributed by atoms with Gasteiger partial charge in [0.1, 0.15) is 23.4 Å². The number of hydrogen-bond donors (Lipinski definition) is 1. The topological polar surface area (TPSA) is 151 Å². The molecule has 4 fully saturated rings. The number of anilines is 1. The lowest BCUT2D eigenvalue weighted by atomic mass is 9.91. The fourth-order valence-corrected chi connectivity index (χ4v) is 10.1. The molecule has 14 heteroatoms. The van der Waals surface area contributed by atoms with Crippen LogP contribution in [0.5, 0.6) is 11.6 Å². The van der Waals surface area contributed by atoms with E-state index in [1.165, 1.54) is 0 Å². The predicted molar refractivity (Wildman–Crippen MR) is 183 cm³/mol. The Morgan fingerprint density at radius 2 is 1.82 bits per heavy atom. The summed E-state index contributed by atoms with van der Waals surface area (Å²) in [4.78, 5) is 54.6. The number of carbonyl (C=O) groups is 3. The number of benzene rings is 1. The van der Waals surface area contributed by atoms with Gasteiger partial charge in [-0.05, 0) is 63.0 Å². The molecule has 2 aromatic rings. The number of nitrogens with one attached hydrogen (secondary N) is 1. The van der Waals surface area contributed by atoms with E-state index >= 15 is 0 Å². The molecule has 2 aliphatic carbocycles. The molecule has 3 aliphatic heterocycles. The zero-order valence-corrected chi connectivity index (χ0v) is 29.9. The summed E-state index contributed by atoms with van der Waals surface area (Å²) >= 11 is 0. The first-order valence-corrected chi connectivity index (χ1v) is 18.7. The number of ether oxygens (including phenoxy) is 2. The molecule has 0 bridgehead atoms. The van der Waals surface area contributed by atoms with Gasteiger partial charge in [0.25, 0.3) is 5.91 Å². The minimum Gasteiger partial charge on any atom is -0.497 e. The van der Waals surface area contributed by atoms with Gasteiger partial charge in [0.15, 0.2) is 5.54 Å². The van der Waals surface area contributed by atoms with E-state index in [1.54, 1.807) is 36.0 Å². The summed E-state index contributed by atoms with van der Waals surface area (Å²) in [6, 6.07) is 4.50. The first-order chi connectivity index (χ1) is 23.1. The van der Waals surface area contributed by atoms with Crippen molar-refractivity contribution in [1.82, 2.24) is 24.5 Å². The summed E-state index contributed by atoms with van der Waals surface area (Å²) in [6.45, 7) is 6.04. The number of fused-ring (bicyclic) bond motifs is 2. The fourth-order valence-electron chi connectivity index (χ4n) is 7.93. The lowest BCUT2D eigenvalue weighted by Gasteiger charge is -2.45. The average molecular weight is 695 g/mol. The summed E-state index contributed by atoms with van der Waals surface area (Å²) in [6.07, 6.45) is 7.24. The molecular formula is C35H46N6O7S. The second kappa shape index (κ2) is 11.6. The number of allylic oxidation sites excluding steroid dienone is 1. The van der Waals surface area contributed by atoms with Crippen LogP contribution < -0.4 is 19.7 Å². The van der Waals surface area contributed by atoms with Crippen molar-refractivity contribution in [2.45, 2.75) is 100 Å². The molecule has 5 aliphatic rings. The van der Waals surface area contributed by atoms with Crippen LogP contribution in [0.4, 0.5) is 5.95 Å². The van der Waals surface area contributed by atoms with Crippen LogP contribution in [0.3, 0.4) is 0 Å². The molecule has 4 heterocycles. The highest BCUT2D eigenvalue weighted by Crippen LogP contribution is 2.67. The molecule has 1 unspecified atom stereocenters. The van der Waals surface area contributed by atoms with E-state index in [0.717, 1.165) is 17.1 Å². The molecule has 7 rings (SSSR count). The maximum Gasteiger partial charge on any atom is 0.265 e. The second-order valence-electron chi connectivity index (χ2n) is 15.3. The highest BCUT2D eigenvalue weighted by atomic mass is 32.2. The van der Waals surface area contributed by atoms with Crippen molar-refractivity contribution in [3.8, 4) is 11.6 Å². The molecule has 0 spiro atoms. The third-order valence-corrected chi connectivity index (χ3v) is 13.8. The van der Waals surface area contributed by atoms with Crippen LogP contribution in [0.1, 0.15) is 72.1 Å². The smallest absolute Gasteiger partial charge is 0.265 e. The molecule has 2 saturated heterocycles. The summed E-state index contributed by atoms with van der Waals surface area (Å²) in [5, 5.41) is 3.63. The molecule has 1 aromatic carbocycles. The van der Waals surface area contributed by atoms with Gasteiger partial charge in [0.2, 0.25) is 33.7 Å². The van der Waals surface area contributed by atoms with Gasteiger partial charge in [-0.25, -0.2) is 17.7 Å². The van der Waals surface area contributed by atoms with Gasteiger partial charge >= 0.3 is 0 Å². The quantitative estimate of drug-likeness (QED) is 0.353. The van der Waals surface area contributed by atoms with Gasteiger partial charge in [-0.2, -0.15) is 4.98 Å². The lowest BCUT2D eigenvalue weighted by Crippen LogP contribution is -2.73. The zero-order valence-electron chi connectivity index (χ0n) is 29.1. The summed E-state index contributed by atoms with van der Waals surface area (Å²) in [5.41, 5.74) is -1.86. The van der Waals surface area contributed by atoms with Crippen molar-refractivity contribution in [3.05, 3.63) is 30.4 Å². The Labute approximate surface area is 287 Å². The standard InChI is InChI=1S/C35H46N6O7S/c1-21-9-7-8-12-34-20-35(34,31(44)41(34)49(45,46)33(3)13-14-33)38-29(43)27-18-24(19-40(27)28(42)16-22(2)15-21)48-30-25-11-10-23(47-6)17-26(25)36-32(37-30)39(4)5/h8,10-12,17,21-22,24,27H,7,9,13-16,18-20H2,1-6H3,(H,38,43)/b12-8-/t21-,22-,24-,27?,34+,35+/m1/s1. The molecule has 1 N–H and O–H groups in total. The van der Waals surface area contributed by atoms with Crippen molar-refractivity contribution < 1.29 is 32.3 Å². The lowest BCUT2D eigenvalue weighted by molar-refractivity contribution is -0.146. The van der Waals surface area contributed by atoms with Gasteiger partial charge in [0, 0.05) is 39.4 Å². The summed E-state index contributed by atoms with van der Waals surface area (Å²) in [5.74, 6) is 0.560. The van der Waals surface area contributed by atoms with E-state index in [9.17, 15) is 22.8 Å². The molecule has 1 aromatic heterocycles. The summed E-state index contributed by atoms with van der Waals surface area (Å²) < 4.78 is 39.3. The average Bonchev–Trinajstić information content (AvgIpc) is 3.86. The third kappa shape index (κ3) is 5.32. The van der Waals surface area contributed by atoms with Crippen molar-refractivity contribution in [2.75, 3.05) is 32.6 Å². The maximum absolute atomic E-state index is 14.2. The zero-order chi connectivity index (χ0) is 35.1. The van der Waals surface area contributed by atoms with E-state index in [2.05, 4.69) is 29.1 Å².